The SMILES string of the molecule is FC(F)CO[Si]. The number of hydrogen-bond donors (Lipinski definition) is 0. The van der Waals surface area contributed by atoms with Crippen molar-refractivity contribution in [3.05, 3.63) is 0 Å². The number of alkyl halides is 2. The molecule has 3 radical (unpaired) electrons. The lowest BCUT2D eigenvalue weighted by molar-refractivity contribution is 0.0866. The zero-order chi connectivity index (χ0) is 4.99. The van der Waals surface area contributed by atoms with E-state index >= 15 is 0 Å². The van der Waals surface area contributed by atoms with Gasteiger partial charge in [0.1, 0.15) is 0 Å². The van der Waals surface area contributed by atoms with Gasteiger partial charge in [0.05, 0.1) is 6.61 Å². The van der Waals surface area contributed by atoms with Gasteiger partial charge in [0.2, 0.25) is 10.5 Å². The van der Waals surface area contributed by atoms with Gasteiger partial charge in [-0.15, -0.1) is 0 Å². The van der Waals surface area contributed by atoms with Crippen molar-refractivity contribution in [1.29, 1.82) is 0 Å². The topological polar surface area (TPSA) is 9.23 Å². The molecule has 4 heteroatoms. The van der Waals surface area contributed by atoms with Crippen LogP contribution in [-0.2, 0) is 4.43 Å². The minimum atomic E-state index is -2.37. The highest BCUT2D eigenvalue weighted by Crippen LogP contribution is 1.88. The molecule has 0 saturated carbocycles. The zero-order valence-electron chi connectivity index (χ0n) is 2.95. The monoisotopic (exact) mass is 109 g/mol. The maximum atomic E-state index is 10.9. The van der Waals surface area contributed by atoms with Gasteiger partial charge in [-0.1, -0.05) is 0 Å². The Hall–Kier alpha value is 0.0369. The molecule has 0 heterocycles. The van der Waals surface area contributed by atoms with E-state index in [0.717, 1.165) is 0 Å². The smallest absolute Gasteiger partial charge is 0.260 e. The highest BCUT2D eigenvalue weighted by atomic mass is 28.2. The van der Waals surface area contributed by atoms with Gasteiger partial charge in [-0.05, 0) is 0 Å². The standard InChI is InChI=1S/C2H3F2OSi/c3-2(4)1-5-6/h2H,1H2. The summed E-state index contributed by atoms with van der Waals surface area (Å²) in [5.41, 5.74) is 0. The summed E-state index contributed by atoms with van der Waals surface area (Å²) in [6.07, 6.45) is -2.37. The molecule has 0 aromatic heterocycles. The van der Waals surface area contributed by atoms with Gasteiger partial charge in [-0.3, -0.25) is 0 Å². The van der Waals surface area contributed by atoms with Crippen LogP contribution in [0.1, 0.15) is 0 Å². The molecule has 0 aliphatic carbocycles. The molecule has 0 atom stereocenters. The van der Waals surface area contributed by atoms with Crippen molar-refractivity contribution in [3.63, 3.8) is 0 Å². The zero-order valence-corrected chi connectivity index (χ0v) is 3.95. The molecule has 0 N–H and O–H groups in total. The second-order valence-electron chi connectivity index (χ2n) is 0.702. The summed E-state index contributed by atoms with van der Waals surface area (Å²) in [6, 6.07) is 0. The maximum absolute atomic E-state index is 10.9. The highest BCUT2D eigenvalue weighted by molar-refractivity contribution is 5.97. The number of halogens is 2. The van der Waals surface area contributed by atoms with Crippen LogP contribution in [0.2, 0.25) is 0 Å². The third kappa shape index (κ3) is 4.04. The summed E-state index contributed by atoms with van der Waals surface area (Å²) in [5, 5.41) is 0. The van der Waals surface area contributed by atoms with Crippen molar-refractivity contribution in [3.8, 4) is 0 Å². The van der Waals surface area contributed by atoms with Crippen molar-refractivity contribution in [2.75, 3.05) is 6.61 Å². The Labute approximate surface area is 37.8 Å². The van der Waals surface area contributed by atoms with Gasteiger partial charge >= 0.3 is 0 Å². The third-order valence-corrected chi connectivity index (χ3v) is 0.376. The van der Waals surface area contributed by atoms with E-state index in [-0.39, 0.29) is 0 Å². The van der Waals surface area contributed by atoms with Crippen molar-refractivity contribution < 1.29 is 13.2 Å². The van der Waals surface area contributed by atoms with Crippen LogP contribution in [0.5, 0.6) is 0 Å². The first-order chi connectivity index (χ1) is 2.77. The summed E-state index contributed by atoms with van der Waals surface area (Å²) >= 11 is 0. The molecular weight excluding hydrogens is 106 g/mol. The first-order valence-electron chi connectivity index (χ1n) is 1.34. The lowest BCUT2D eigenvalue weighted by Crippen LogP contribution is -2.00. The van der Waals surface area contributed by atoms with Crippen LogP contribution >= 0.6 is 0 Å². The minimum Gasteiger partial charge on any atom is -0.413 e. The van der Waals surface area contributed by atoms with Gasteiger partial charge in [-0.2, -0.15) is 0 Å². The fourth-order valence-corrected chi connectivity index (χ4v) is 0.189. The molecule has 0 bridgehead atoms. The Morgan fingerprint density at radius 3 is 2.17 bits per heavy atom. The molecule has 0 saturated heterocycles. The molecule has 0 aliphatic rings. The second-order valence-corrected chi connectivity index (χ2v) is 0.991. The van der Waals surface area contributed by atoms with Crippen LogP contribution in [0, 0.1) is 0 Å². The van der Waals surface area contributed by atoms with E-state index < -0.39 is 13.0 Å². The fraction of sp³-hybridized carbons (Fsp3) is 1.00. The van der Waals surface area contributed by atoms with Gasteiger partial charge in [0.25, 0.3) is 6.43 Å². The van der Waals surface area contributed by atoms with Crippen LogP contribution in [-0.4, -0.2) is 23.5 Å². The van der Waals surface area contributed by atoms with Crippen molar-refractivity contribution in [2.45, 2.75) is 6.43 Å². The predicted octanol–water partition coefficient (Wildman–Crippen LogP) is 0.352. The van der Waals surface area contributed by atoms with E-state index in [2.05, 4.69) is 14.9 Å². The van der Waals surface area contributed by atoms with E-state index in [1.165, 1.54) is 0 Å². The Morgan fingerprint density at radius 2 is 2.17 bits per heavy atom. The normalized spacial score (nSPS) is 10.0. The molecule has 0 amide bonds. The lowest BCUT2D eigenvalue weighted by Gasteiger charge is -1.90. The quantitative estimate of drug-likeness (QED) is 0.465. The molecule has 0 aliphatic heterocycles. The summed E-state index contributed by atoms with van der Waals surface area (Å²) in [6.45, 7) is -0.545. The van der Waals surface area contributed by atoms with Crippen LogP contribution in [0.3, 0.4) is 0 Å². The number of hydrogen-bond acceptors (Lipinski definition) is 1. The van der Waals surface area contributed by atoms with Gasteiger partial charge in [-0.25, -0.2) is 8.78 Å². The Bertz CT molecular complexity index is 32.7. The summed E-state index contributed by atoms with van der Waals surface area (Å²) in [5.74, 6) is 0. The Kier molecular flexibility index (Phi) is 3.26. The predicted molar refractivity (Wildman–Crippen MR) is 17.7 cm³/mol. The Morgan fingerprint density at radius 1 is 1.67 bits per heavy atom. The summed E-state index contributed by atoms with van der Waals surface area (Å²) in [4.78, 5) is 0. The van der Waals surface area contributed by atoms with Crippen LogP contribution in [0.4, 0.5) is 8.78 Å². The maximum Gasteiger partial charge on any atom is 0.260 e. The molecule has 0 aromatic rings. The molecule has 0 aromatic carbocycles. The molecule has 0 spiro atoms. The summed E-state index contributed by atoms with van der Waals surface area (Å²) in [7, 11) is 2.41. The molecule has 6 heavy (non-hydrogen) atoms. The minimum absolute atomic E-state index is 0.545. The third-order valence-electron chi connectivity index (χ3n) is 0.209. The van der Waals surface area contributed by atoms with E-state index in [4.69, 9.17) is 0 Å². The van der Waals surface area contributed by atoms with E-state index in [1.807, 2.05) is 0 Å². The van der Waals surface area contributed by atoms with E-state index in [9.17, 15) is 8.78 Å². The highest BCUT2D eigenvalue weighted by Gasteiger charge is 1.96. The van der Waals surface area contributed by atoms with Crippen LogP contribution < -0.4 is 0 Å². The Balaban J connectivity index is 2.63. The molecule has 0 unspecified atom stereocenters. The fourth-order valence-electron chi connectivity index (χ4n) is 0.0630. The lowest BCUT2D eigenvalue weighted by atomic mass is 10.8. The molecule has 0 rings (SSSR count). The van der Waals surface area contributed by atoms with Gasteiger partial charge in [0, 0.05) is 0 Å². The van der Waals surface area contributed by atoms with E-state index in [1.54, 1.807) is 0 Å². The van der Waals surface area contributed by atoms with Crippen molar-refractivity contribution in [1.82, 2.24) is 0 Å². The van der Waals surface area contributed by atoms with Crippen molar-refractivity contribution >= 4 is 10.5 Å². The molecule has 35 valence electrons. The average Bonchev–Trinajstić information content (AvgIpc) is 1.35. The summed E-state index contributed by atoms with van der Waals surface area (Å²) < 4.78 is 25.6. The largest absolute Gasteiger partial charge is 0.413 e. The molecule has 0 fully saturated rings. The molecule has 1 nitrogen and oxygen atoms in total. The molecular formula is C2H3F2OSi. The first-order valence-corrected chi connectivity index (χ1v) is 1.75. The average molecular weight is 109 g/mol. The van der Waals surface area contributed by atoms with Crippen LogP contribution in [0.15, 0.2) is 0 Å². The van der Waals surface area contributed by atoms with E-state index in [0.29, 0.717) is 0 Å². The van der Waals surface area contributed by atoms with Gasteiger partial charge < -0.3 is 4.43 Å². The first kappa shape index (κ1) is 6.04. The van der Waals surface area contributed by atoms with Crippen LogP contribution in [0.25, 0.3) is 0 Å². The second kappa shape index (κ2) is 3.24. The number of rotatable bonds is 2. The van der Waals surface area contributed by atoms with Crippen molar-refractivity contribution in [2.24, 2.45) is 0 Å². The van der Waals surface area contributed by atoms with Gasteiger partial charge in [0.15, 0.2) is 0 Å².